The smallest absolute Gasteiger partial charge is 0.225 e. The molecule has 1 fully saturated rings. The Kier molecular flexibility index (Phi) is 3.22. The van der Waals surface area contributed by atoms with Crippen LogP contribution in [0, 0.1) is 5.82 Å². The molecule has 20 heavy (non-hydrogen) atoms. The molecule has 1 saturated carbocycles. The highest BCUT2D eigenvalue weighted by molar-refractivity contribution is 5.80. The van der Waals surface area contributed by atoms with Crippen LogP contribution in [0.15, 0.2) is 48.8 Å². The van der Waals surface area contributed by atoms with Gasteiger partial charge in [0.1, 0.15) is 5.82 Å². The first-order valence-corrected chi connectivity index (χ1v) is 6.64. The van der Waals surface area contributed by atoms with E-state index in [2.05, 4.69) is 10.3 Å². The molecule has 0 atom stereocenters. The first-order chi connectivity index (χ1) is 9.68. The number of amides is 1. The summed E-state index contributed by atoms with van der Waals surface area (Å²) in [5, 5.41) is 3.07. The van der Waals surface area contributed by atoms with Gasteiger partial charge in [0.25, 0.3) is 0 Å². The van der Waals surface area contributed by atoms with Crippen LogP contribution in [0.4, 0.5) is 4.39 Å². The summed E-state index contributed by atoms with van der Waals surface area (Å²) in [7, 11) is 0. The zero-order chi connectivity index (χ0) is 14.0. The maximum atomic E-state index is 13.0. The van der Waals surface area contributed by atoms with Crippen molar-refractivity contribution < 1.29 is 9.18 Å². The zero-order valence-electron chi connectivity index (χ0n) is 11.0. The van der Waals surface area contributed by atoms with E-state index >= 15 is 0 Å². The van der Waals surface area contributed by atoms with Crippen LogP contribution in [0.5, 0.6) is 0 Å². The van der Waals surface area contributed by atoms with Crippen LogP contribution in [0.2, 0.25) is 0 Å². The van der Waals surface area contributed by atoms with E-state index in [9.17, 15) is 9.18 Å². The molecule has 1 aliphatic rings. The minimum absolute atomic E-state index is 0.0157. The number of nitrogens with zero attached hydrogens (tertiary/aromatic N) is 1. The zero-order valence-corrected chi connectivity index (χ0v) is 11.0. The van der Waals surface area contributed by atoms with E-state index in [4.69, 9.17) is 0 Å². The number of pyridine rings is 1. The van der Waals surface area contributed by atoms with E-state index in [0.717, 1.165) is 24.0 Å². The summed E-state index contributed by atoms with van der Waals surface area (Å²) < 4.78 is 13.0. The summed E-state index contributed by atoms with van der Waals surface area (Å²) in [6.45, 7) is 0. The van der Waals surface area contributed by atoms with Crippen LogP contribution in [0.3, 0.4) is 0 Å². The van der Waals surface area contributed by atoms with Gasteiger partial charge in [-0.05, 0) is 48.2 Å². The van der Waals surface area contributed by atoms with Crippen LogP contribution >= 0.6 is 0 Å². The predicted octanol–water partition coefficient (Wildman–Crippen LogP) is 2.57. The van der Waals surface area contributed by atoms with Gasteiger partial charge in [-0.25, -0.2) is 4.39 Å². The minimum Gasteiger partial charge on any atom is -0.346 e. The van der Waals surface area contributed by atoms with Gasteiger partial charge in [-0.1, -0.05) is 12.1 Å². The number of aromatic nitrogens is 1. The monoisotopic (exact) mass is 270 g/mol. The number of nitrogens with one attached hydrogen (secondary N) is 1. The summed E-state index contributed by atoms with van der Waals surface area (Å²) in [6.07, 6.45) is 5.50. The quantitative estimate of drug-likeness (QED) is 0.927. The van der Waals surface area contributed by atoms with Crippen LogP contribution < -0.4 is 5.32 Å². The van der Waals surface area contributed by atoms with Crippen molar-refractivity contribution in [3.05, 3.63) is 65.7 Å². The second kappa shape index (κ2) is 5.04. The summed E-state index contributed by atoms with van der Waals surface area (Å²) in [6, 6.07) is 10.0. The van der Waals surface area contributed by atoms with Crippen molar-refractivity contribution in [2.24, 2.45) is 0 Å². The Bertz CT molecular complexity index is 606. The molecule has 0 unspecified atom stereocenters. The average molecular weight is 270 g/mol. The molecule has 3 rings (SSSR count). The normalized spacial score (nSPS) is 15.7. The maximum absolute atomic E-state index is 13.0. The summed E-state index contributed by atoms with van der Waals surface area (Å²) >= 11 is 0. The molecule has 4 heteroatoms. The topological polar surface area (TPSA) is 42.0 Å². The van der Waals surface area contributed by atoms with Crippen molar-refractivity contribution in [1.82, 2.24) is 10.3 Å². The molecule has 1 N–H and O–H groups in total. The van der Waals surface area contributed by atoms with Gasteiger partial charge in [0.2, 0.25) is 5.91 Å². The van der Waals surface area contributed by atoms with Crippen LogP contribution in [0.1, 0.15) is 24.0 Å². The molecule has 1 aliphatic carbocycles. The third-order valence-corrected chi connectivity index (χ3v) is 3.64. The van der Waals surface area contributed by atoms with Gasteiger partial charge in [-0.2, -0.15) is 0 Å². The molecule has 1 aromatic heterocycles. The molecule has 3 nitrogen and oxygen atoms in total. The number of rotatable bonds is 4. The van der Waals surface area contributed by atoms with Gasteiger partial charge < -0.3 is 5.32 Å². The van der Waals surface area contributed by atoms with Crippen molar-refractivity contribution >= 4 is 5.91 Å². The molecule has 1 aromatic carbocycles. The largest absolute Gasteiger partial charge is 0.346 e. The molecule has 1 amide bonds. The molecular formula is C16H15FN2O. The van der Waals surface area contributed by atoms with Gasteiger partial charge in [0, 0.05) is 12.4 Å². The Hall–Kier alpha value is -2.23. The van der Waals surface area contributed by atoms with E-state index < -0.39 is 0 Å². The Balaban J connectivity index is 1.68. The second-order valence-corrected chi connectivity index (χ2v) is 5.17. The van der Waals surface area contributed by atoms with Gasteiger partial charge in [0.15, 0.2) is 0 Å². The summed E-state index contributed by atoms with van der Waals surface area (Å²) in [4.78, 5) is 16.0. The van der Waals surface area contributed by atoms with Gasteiger partial charge in [-0.3, -0.25) is 9.78 Å². The fourth-order valence-corrected chi connectivity index (χ4v) is 2.38. The summed E-state index contributed by atoms with van der Waals surface area (Å²) in [5.41, 5.74) is 1.62. The predicted molar refractivity (Wildman–Crippen MR) is 73.4 cm³/mol. The lowest BCUT2D eigenvalue weighted by molar-refractivity contribution is -0.121. The molecule has 0 bridgehead atoms. The van der Waals surface area contributed by atoms with E-state index in [1.165, 1.54) is 12.1 Å². The lowest BCUT2D eigenvalue weighted by Gasteiger charge is -2.18. The molecule has 0 radical (unpaired) electrons. The molecule has 0 spiro atoms. The molecular weight excluding hydrogens is 255 g/mol. The molecule has 0 saturated heterocycles. The fraction of sp³-hybridized carbons (Fsp3) is 0.250. The number of benzene rings is 1. The molecule has 2 aromatic rings. The third kappa shape index (κ3) is 2.69. The molecule has 102 valence electrons. The summed E-state index contributed by atoms with van der Waals surface area (Å²) in [5.74, 6) is -0.273. The van der Waals surface area contributed by atoms with Gasteiger partial charge in [0.05, 0.1) is 12.0 Å². The lowest BCUT2D eigenvalue weighted by Crippen LogP contribution is -2.35. The van der Waals surface area contributed by atoms with Crippen LogP contribution in [-0.4, -0.2) is 10.9 Å². The Morgan fingerprint density at radius 1 is 1.15 bits per heavy atom. The van der Waals surface area contributed by atoms with E-state index in [-0.39, 0.29) is 17.3 Å². The second-order valence-electron chi connectivity index (χ2n) is 5.17. The lowest BCUT2D eigenvalue weighted by atomic mass is 10.0. The van der Waals surface area contributed by atoms with Gasteiger partial charge >= 0.3 is 0 Å². The molecule has 0 aliphatic heterocycles. The Labute approximate surface area is 116 Å². The standard InChI is InChI=1S/C16H15FN2O/c17-14-3-1-13(2-4-14)16(7-8-16)19-15(20)11-12-5-9-18-10-6-12/h1-6,9-10H,7-8,11H2,(H,19,20). The average Bonchev–Trinajstić information content (AvgIpc) is 3.21. The van der Waals surface area contributed by atoms with Crippen molar-refractivity contribution in [2.45, 2.75) is 24.8 Å². The number of halogens is 1. The number of carbonyl (C=O) groups is 1. The number of hydrogen-bond donors (Lipinski definition) is 1. The van der Waals surface area contributed by atoms with E-state index in [1.54, 1.807) is 24.5 Å². The molecule has 1 heterocycles. The minimum atomic E-state index is -0.294. The van der Waals surface area contributed by atoms with E-state index in [1.807, 2.05) is 12.1 Å². The van der Waals surface area contributed by atoms with Gasteiger partial charge in [-0.15, -0.1) is 0 Å². The SMILES string of the molecule is O=C(Cc1ccncc1)NC1(c2ccc(F)cc2)CC1. The van der Waals surface area contributed by atoms with Crippen LogP contribution in [-0.2, 0) is 16.8 Å². The Morgan fingerprint density at radius 3 is 2.40 bits per heavy atom. The first-order valence-electron chi connectivity index (χ1n) is 6.64. The highest BCUT2D eigenvalue weighted by Crippen LogP contribution is 2.45. The van der Waals surface area contributed by atoms with Crippen molar-refractivity contribution in [3.8, 4) is 0 Å². The fourth-order valence-electron chi connectivity index (χ4n) is 2.38. The van der Waals surface area contributed by atoms with Crippen LogP contribution in [0.25, 0.3) is 0 Å². The maximum Gasteiger partial charge on any atom is 0.225 e. The van der Waals surface area contributed by atoms with Crippen molar-refractivity contribution in [2.75, 3.05) is 0 Å². The number of hydrogen-bond acceptors (Lipinski definition) is 2. The first kappa shape index (κ1) is 12.8. The Morgan fingerprint density at radius 2 is 1.80 bits per heavy atom. The highest BCUT2D eigenvalue weighted by Gasteiger charge is 2.45. The highest BCUT2D eigenvalue weighted by atomic mass is 19.1. The number of carbonyl (C=O) groups excluding carboxylic acids is 1. The van der Waals surface area contributed by atoms with E-state index in [0.29, 0.717) is 6.42 Å². The third-order valence-electron chi connectivity index (χ3n) is 3.64. The van der Waals surface area contributed by atoms with Crippen molar-refractivity contribution in [1.29, 1.82) is 0 Å². The van der Waals surface area contributed by atoms with Crippen molar-refractivity contribution in [3.63, 3.8) is 0 Å².